The maximum absolute atomic E-state index is 12.3. The number of nitrogen functional groups attached to an aromatic ring is 1. The summed E-state index contributed by atoms with van der Waals surface area (Å²) in [5.74, 6) is 0.744. The van der Waals surface area contributed by atoms with Crippen LogP contribution in [0.2, 0.25) is 0 Å². The number of rotatable bonds is 6. The minimum Gasteiger partial charge on any atom is -0.467 e. The molecule has 0 saturated heterocycles. The molecule has 0 spiro atoms. The third kappa shape index (κ3) is 3.36. The lowest BCUT2D eigenvalue weighted by Crippen LogP contribution is -2.26. The Morgan fingerprint density at radius 3 is 2.81 bits per heavy atom. The highest BCUT2D eigenvalue weighted by molar-refractivity contribution is 7.18. The van der Waals surface area contributed by atoms with E-state index in [9.17, 15) is 4.79 Å². The number of hydrogen-bond acceptors (Lipinski definition) is 6. The number of aromatic nitrogens is 1. The number of carbonyl (C=O) groups is 1. The van der Waals surface area contributed by atoms with Gasteiger partial charge in [0.05, 0.1) is 12.3 Å². The smallest absolute Gasteiger partial charge is 0.265 e. The highest BCUT2D eigenvalue weighted by Gasteiger charge is 2.21. The van der Waals surface area contributed by atoms with Gasteiger partial charge in [-0.3, -0.25) is 4.79 Å². The second-order valence-electron chi connectivity index (χ2n) is 4.59. The summed E-state index contributed by atoms with van der Waals surface area (Å²) < 4.78 is 5.27. The monoisotopic (exact) mass is 308 g/mol. The quantitative estimate of drug-likeness (QED) is 0.857. The molecular formula is C14H20N4O2S. The lowest BCUT2D eigenvalue weighted by atomic mass is 10.2. The number of carbonyl (C=O) groups excluding carboxylic acids is 1. The van der Waals surface area contributed by atoms with Crippen molar-refractivity contribution in [3.05, 3.63) is 29.0 Å². The first-order valence-electron chi connectivity index (χ1n) is 6.92. The molecule has 1 atom stereocenters. The average molecular weight is 308 g/mol. The van der Waals surface area contributed by atoms with Crippen molar-refractivity contribution >= 4 is 28.2 Å². The molecule has 0 aromatic carbocycles. The van der Waals surface area contributed by atoms with Crippen molar-refractivity contribution in [2.24, 2.45) is 0 Å². The molecule has 114 valence electrons. The Kier molecular flexibility index (Phi) is 4.85. The molecule has 21 heavy (non-hydrogen) atoms. The van der Waals surface area contributed by atoms with Crippen LogP contribution in [-0.2, 0) is 0 Å². The van der Waals surface area contributed by atoms with Gasteiger partial charge in [-0.25, -0.2) is 4.98 Å². The van der Waals surface area contributed by atoms with E-state index < -0.39 is 0 Å². The second-order valence-corrected chi connectivity index (χ2v) is 5.57. The van der Waals surface area contributed by atoms with E-state index in [4.69, 9.17) is 10.2 Å². The molecule has 7 heteroatoms. The SMILES string of the molecule is CCN(CC)c1nc(N)c(C(=O)NC(C)c2ccco2)s1. The van der Waals surface area contributed by atoms with Crippen molar-refractivity contribution in [2.45, 2.75) is 26.8 Å². The van der Waals surface area contributed by atoms with Crippen molar-refractivity contribution in [3.63, 3.8) is 0 Å². The Balaban J connectivity index is 2.12. The largest absolute Gasteiger partial charge is 0.467 e. The molecule has 2 heterocycles. The van der Waals surface area contributed by atoms with Crippen LogP contribution in [-0.4, -0.2) is 24.0 Å². The molecular weight excluding hydrogens is 288 g/mol. The second kappa shape index (κ2) is 6.62. The first-order chi connectivity index (χ1) is 10.1. The number of hydrogen-bond donors (Lipinski definition) is 2. The summed E-state index contributed by atoms with van der Waals surface area (Å²) in [7, 11) is 0. The Morgan fingerprint density at radius 2 is 2.24 bits per heavy atom. The first kappa shape index (κ1) is 15.4. The molecule has 0 aliphatic heterocycles. The van der Waals surface area contributed by atoms with Crippen LogP contribution in [0.4, 0.5) is 10.9 Å². The molecule has 3 N–H and O–H groups in total. The Morgan fingerprint density at radius 1 is 1.52 bits per heavy atom. The van der Waals surface area contributed by atoms with Gasteiger partial charge in [0, 0.05) is 13.1 Å². The van der Waals surface area contributed by atoms with Crippen molar-refractivity contribution in [2.75, 3.05) is 23.7 Å². The van der Waals surface area contributed by atoms with E-state index in [2.05, 4.69) is 15.2 Å². The molecule has 0 aliphatic rings. The lowest BCUT2D eigenvalue weighted by molar-refractivity contribution is 0.0940. The summed E-state index contributed by atoms with van der Waals surface area (Å²) >= 11 is 1.31. The van der Waals surface area contributed by atoms with Gasteiger partial charge >= 0.3 is 0 Å². The van der Waals surface area contributed by atoms with Gasteiger partial charge in [0.15, 0.2) is 5.13 Å². The van der Waals surface area contributed by atoms with Gasteiger partial charge in [0.2, 0.25) is 0 Å². The Bertz CT molecular complexity index is 590. The number of amides is 1. The topological polar surface area (TPSA) is 84.4 Å². The van der Waals surface area contributed by atoms with Gasteiger partial charge in [-0.1, -0.05) is 11.3 Å². The Labute approximate surface area is 128 Å². The molecule has 0 bridgehead atoms. The molecule has 6 nitrogen and oxygen atoms in total. The van der Waals surface area contributed by atoms with Crippen molar-refractivity contribution in [3.8, 4) is 0 Å². The summed E-state index contributed by atoms with van der Waals surface area (Å²) in [6, 6.07) is 3.39. The van der Waals surface area contributed by atoms with E-state index in [1.165, 1.54) is 11.3 Å². The van der Waals surface area contributed by atoms with E-state index in [1.54, 1.807) is 12.3 Å². The van der Waals surface area contributed by atoms with Crippen LogP contribution < -0.4 is 16.0 Å². The Hall–Kier alpha value is -2.02. The zero-order valence-corrected chi connectivity index (χ0v) is 13.2. The third-order valence-corrected chi connectivity index (χ3v) is 4.33. The van der Waals surface area contributed by atoms with Gasteiger partial charge in [-0.05, 0) is 32.9 Å². The minimum atomic E-state index is -0.229. The van der Waals surface area contributed by atoms with E-state index in [-0.39, 0.29) is 17.8 Å². The third-order valence-electron chi connectivity index (χ3n) is 3.20. The number of nitrogens with one attached hydrogen (secondary N) is 1. The maximum atomic E-state index is 12.3. The average Bonchev–Trinajstić information content (AvgIpc) is 3.10. The van der Waals surface area contributed by atoms with Crippen LogP contribution in [0, 0.1) is 0 Å². The fourth-order valence-corrected chi connectivity index (χ4v) is 3.00. The van der Waals surface area contributed by atoms with Crippen LogP contribution in [0.5, 0.6) is 0 Å². The molecule has 2 aromatic rings. The zero-order valence-electron chi connectivity index (χ0n) is 12.4. The van der Waals surface area contributed by atoms with E-state index >= 15 is 0 Å². The number of anilines is 2. The van der Waals surface area contributed by atoms with Crippen molar-refractivity contribution in [1.82, 2.24) is 10.3 Å². The summed E-state index contributed by atoms with van der Waals surface area (Å²) in [6.45, 7) is 7.60. The summed E-state index contributed by atoms with van der Waals surface area (Å²) in [6.07, 6.45) is 1.58. The van der Waals surface area contributed by atoms with Gasteiger partial charge < -0.3 is 20.4 Å². The van der Waals surface area contributed by atoms with Crippen LogP contribution >= 0.6 is 11.3 Å². The highest BCUT2D eigenvalue weighted by Crippen LogP contribution is 2.28. The molecule has 0 radical (unpaired) electrons. The van der Waals surface area contributed by atoms with E-state index in [0.717, 1.165) is 18.2 Å². The fourth-order valence-electron chi connectivity index (χ4n) is 1.98. The molecule has 0 saturated carbocycles. The fraction of sp³-hybridized carbons (Fsp3) is 0.429. The van der Waals surface area contributed by atoms with Crippen LogP contribution in [0.1, 0.15) is 42.2 Å². The standard InChI is InChI=1S/C14H20N4O2S/c1-4-18(5-2)14-17-12(15)11(21-14)13(19)16-9(3)10-7-6-8-20-10/h6-9H,4-5,15H2,1-3H3,(H,16,19). The number of furan rings is 1. The molecule has 2 aromatic heterocycles. The minimum absolute atomic E-state index is 0.217. The maximum Gasteiger partial charge on any atom is 0.265 e. The van der Waals surface area contributed by atoms with Gasteiger partial charge in [-0.15, -0.1) is 0 Å². The van der Waals surface area contributed by atoms with Crippen LogP contribution in [0.3, 0.4) is 0 Å². The summed E-state index contributed by atoms with van der Waals surface area (Å²) in [5.41, 5.74) is 5.87. The van der Waals surface area contributed by atoms with Crippen LogP contribution in [0.15, 0.2) is 22.8 Å². The summed E-state index contributed by atoms with van der Waals surface area (Å²) in [4.78, 5) is 19.1. The highest BCUT2D eigenvalue weighted by atomic mass is 32.1. The molecule has 2 rings (SSSR count). The van der Waals surface area contributed by atoms with Gasteiger partial charge in [0.25, 0.3) is 5.91 Å². The van der Waals surface area contributed by atoms with Crippen molar-refractivity contribution in [1.29, 1.82) is 0 Å². The van der Waals surface area contributed by atoms with E-state index in [1.807, 2.05) is 26.8 Å². The first-order valence-corrected chi connectivity index (χ1v) is 7.73. The molecule has 0 fully saturated rings. The molecule has 0 aliphatic carbocycles. The van der Waals surface area contributed by atoms with Crippen molar-refractivity contribution < 1.29 is 9.21 Å². The van der Waals surface area contributed by atoms with Gasteiger partial charge in [0.1, 0.15) is 16.5 Å². The predicted molar refractivity (Wildman–Crippen MR) is 84.7 cm³/mol. The van der Waals surface area contributed by atoms with Crippen LogP contribution in [0.25, 0.3) is 0 Å². The molecule has 1 unspecified atom stereocenters. The van der Waals surface area contributed by atoms with E-state index in [0.29, 0.717) is 10.6 Å². The number of nitrogens with two attached hydrogens (primary N) is 1. The zero-order chi connectivity index (χ0) is 15.4. The molecule has 1 amide bonds. The van der Waals surface area contributed by atoms with Gasteiger partial charge in [-0.2, -0.15) is 0 Å². The normalized spacial score (nSPS) is 12.1. The number of thiazole rings is 1. The lowest BCUT2D eigenvalue weighted by Gasteiger charge is -2.16. The number of nitrogens with zero attached hydrogens (tertiary/aromatic N) is 2. The summed E-state index contributed by atoms with van der Waals surface area (Å²) in [5, 5.41) is 3.64. The predicted octanol–water partition coefficient (Wildman–Crippen LogP) is 2.66.